The average Bonchev–Trinajstić information content (AvgIpc) is 2.37. The Morgan fingerprint density at radius 1 is 1.25 bits per heavy atom. The molecule has 0 unspecified atom stereocenters. The monoisotopic (exact) mass is 309 g/mol. The number of pyridine rings is 1. The van der Waals surface area contributed by atoms with E-state index in [1.807, 2.05) is 0 Å². The molecule has 0 bridgehead atoms. The van der Waals surface area contributed by atoms with Gasteiger partial charge < -0.3 is 4.74 Å². The van der Waals surface area contributed by atoms with Gasteiger partial charge in [0, 0.05) is 22.2 Å². The summed E-state index contributed by atoms with van der Waals surface area (Å²) < 4.78 is 5.36. The lowest BCUT2D eigenvalue weighted by atomic mass is 10.3. The third kappa shape index (κ3) is 3.15. The van der Waals surface area contributed by atoms with Crippen LogP contribution < -0.4 is 4.74 Å². The number of halogens is 2. The Bertz CT molecular complexity index is 708. The molecule has 20 heavy (non-hydrogen) atoms. The molecule has 2 aromatic rings. The van der Waals surface area contributed by atoms with E-state index in [1.54, 1.807) is 6.07 Å². The minimum Gasteiger partial charge on any atom is -0.439 e. The number of nitriles is 1. The predicted molar refractivity (Wildman–Crippen MR) is 72.1 cm³/mol. The minimum atomic E-state index is -0.689. The van der Waals surface area contributed by atoms with Gasteiger partial charge in [-0.2, -0.15) is 10.2 Å². The zero-order valence-electron chi connectivity index (χ0n) is 9.71. The Balaban J connectivity index is 2.35. The van der Waals surface area contributed by atoms with Gasteiger partial charge in [-0.1, -0.05) is 23.2 Å². The van der Waals surface area contributed by atoms with E-state index in [4.69, 9.17) is 33.2 Å². The molecule has 1 aromatic carbocycles. The summed E-state index contributed by atoms with van der Waals surface area (Å²) in [5, 5.41) is 20.3. The van der Waals surface area contributed by atoms with Crippen LogP contribution in [0.1, 0.15) is 5.69 Å². The van der Waals surface area contributed by atoms with Crippen LogP contribution in [0.2, 0.25) is 10.0 Å². The zero-order valence-corrected chi connectivity index (χ0v) is 11.2. The molecule has 0 atom stereocenters. The molecular weight excluding hydrogens is 305 g/mol. The van der Waals surface area contributed by atoms with E-state index in [2.05, 4.69) is 4.98 Å². The van der Waals surface area contributed by atoms with Crippen LogP contribution in [0.4, 0.5) is 5.69 Å². The van der Waals surface area contributed by atoms with Crippen LogP contribution in [-0.4, -0.2) is 9.91 Å². The number of hydrogen-bond acceptors (Lipinski definition) is 5. The molecule has 0 aliphatic heterocycles. The number of rotatable bonds is 3. The van der Waals surface area contributed by atoms with Gasteiger partial charge in [0.05, 0.1) is 4.92 Å². The fourth-order valence-electron chi connectivity index (χ4n) is 1.43. The van der Waals surface area contributed by atoms with Crippen molar-refractivity contribution < 1.29 is 9.66 Å². The van der Waals surface area contributed by atoms with E-state index < -0.39 is 4.92 Å². The summed E-state index contributed by atoms with van der Waals surface area (Å²) in [5.74, 6) is 0.346. The number of aromatic nitrogens is 1. The number of nitrogens with zero attached hydrogens (tertiary/aromatic N) is 3. The van der Waals surface area contributed by atoms with E-state index in [-0.39, 0.29) is 17.3 Å². The highest BCUT2D eigenvalue weighted by Crippen LogP contribution is 2.28. The van der Waals surface area contributed by atoms with Crippen molar-refractivity contribution in [2.45, 2.75) is 0 Å². The Morgan fingerprint density at radius 2 is 1.90 bits per heavy atom. The first kappa shape index (κ1) is 14.1. The first-order valence-corrected chi connectivity index (χ1v) is 5.94. The lowest BCUT2D eigenvalue weighted by molar-refractivity contribution is -0.385. The van der Waals surface area contributed by atoms with Gasteiger partial charge >= 0.3 is 5.69 Å². The molecule has 0 saturated carbocycles. The molecule has 1 heterocycles. The molecule has 0 N–H and O–H groups in total. The van der Waals surface area contributed by atoms with Gasteiger partial charge in [-0.15, -0.1) is 0 Å². The molecule has 0 aliphatic carbocycles. The highest BCUT2D eigenvalue weighted by Gasteiger charge is 2.16. The quantitative estimate of drug-likeness (QED) is 0.632. The summed E-state index contributed by atoms with van der Waals surface area (Å²) in [7, 11) is 0. The molecule has 8 heteroatoms. The van der Waals surface area contributed by atoms with Crippen LogP contribution >= 0.6 is 23.2 Å². The molecule has 1 aromatic heterocycles. The van der Waals surface area contributed by atoms with Gasteiger partial charge in [0.1, 0.15) is 11.8 Å². The standard InChI is InChI=1S/C12H5Cl2N3O3/c13-7-3-8(14)5-9(4-7)20-12-2-1-11(17(18)19)10(6-15)16-12/h1-5H. The van der Waals surface area contributed by atoms with E-state index in [0.717, 1.165) is 6.07 Å². The molecule has 100 valence electrons. The van der Waals surface area contributed by atoms with Crippen LogP contribution in [0.5, 0.6) is 11.6 Å². The van der Waals surface area contributed by atoms with Crippen LogP contribution in [0.15, 0.2) is 30.3 Å². The second-order valence-electron chi connectivity index (χ2n) is 3.59. The molecular formula is C12H5Cl2N3O3. The molecule has 0 radical (unpaired) electrons. The summed E-state index contributed by atoms with van der Waals surface area (Å²) in [6, 6.07) is 8.61. The molecule has 0 amide bonds. The molecule has 6 nitrogen and oxygen atoms in total. The average molecular weight is 310 g/mol. The van der Waals surface area contributed by atoms with Gasteiger partial charge in [-0.3, -0.25) is 10.1 Å². The fourth-order valence-corrected chi connectivity index (χ4v) is 1.93. The Hall–Kier alpha value is -2.36. The minimum absolute atomic E-state index is 0.0329. The van der Waals surface area contributed by atoms with Crippen molar-refractivity contribution in [2.75, 3.05) is 0 Å². The molecule has 0 aliphatic rings. The summed E-state index contributed by atoms with van der Waals surface area (Å²) in [6.45, 7) is 0. The van der Waals surface area contributed by atoms with Crippen LogP contribution in [-0.2, 0) is 0 Å². The maximum atomic E-state index is 10.7. The maximum Gasteiger partial charge on any atom is 0.305 e. The van der Waals surface area contributed by atoms with Gasteiger partial charge in [0.25, 0.3) is 0 Å². The second kappa shape index (κ2) is 5.74. The summed E-state index contributed by atoms with van der Waals surface area (Å²) in [4.78, 5) is 13.7. The summed E-state index contributed by atoms with van der Waals surface area (Å²) >= 11 is 11.6. The smallest absolute Gasteiger partial charge is 0.305 e. The lowest BCUT2D eigenvalue weighted by Gasteiger charge is -2.06. The van der Waals surface area contributed by atoms with E-state index in [0.29, 0.717) is 15.8 Å². The SMILES string of the molecule is N#Cc1nc(Oc2cc(Cl)cc(Cl)c2)ccc1[N+](=O)[O-]. The Morgan fingerprint density at radius 3 is 2.45 bits per heavy atom. The maximum absolute atomic E-state index is 10.7. The van der Waals surface area contributed by atoms with E-state index in [9.17, 15) is 10.1 Å². The van der Waals surface area contributed by atoms with E-state index in [1.165, 1.54) is 24.3 Å². The first-order chi connectivity index (χ1) is 9.49. The molecule has 2 rings (SSSR count). The van der Waals surface area contributed by atoms with Crippen LogP contribution in [0, 0.1) is 21.4 Å². The summed E-state index contributed by atoms with van der Waals surface area (Å²) in [5.41, 5.74) is -0.718. The number of nitro groups is 1. The lowest BCUT2D eigenvalue weighted by Crippen LogP contribution is -1.97. The Kier molecular flexibility index (Phi) is 4.03. The zero-order chi connectivity index (χ0) is 14.7. The van der Waals surface area contributed by atoms with Crippen molar-refractivity contribution in [3.63, 3.8) is 0 Å². The van der Waals surface area contributed by atoms with Crippen molar-refractivity contribution in [1.29, 1.82) is 5.26 Å². The van der Waals surface area contributed by atoms with E-state index >= 15 is 0 Å². The van der Waals surface area contributed by atoms with Gasteiger partial charge in [0.2, 0.25) is 11.6 Å². The number of hydrogen-bond donors (Lipinski definition) is 0. The largest absolute Gasteiger partial charge is 0.439 e. The van der Waals surface area contributed by atoms with Crippen molar-refractivity contribution >= 4 is 28.9 Å². The fraction of sp³-hybridized carbons (Fsp3) is 0. The van der Waals surface area contributed by atoms with Crippen LogP contribution in [0.3, 0.4) is 0 Å². The van der Waals surface area contributed by atoms with Gasteiger partial charge in [-0.25, -0.2) is 0 Å². The van der Waals surface area contributed by atoms with Crippen LogP contribution in [0.25, 0.3) is 0 Å². The summed E-state index contributed by atoms with van der Waals surface area (Å²) in [6.07, 6.45) is 0. The molecule has 0 fully saturated rings. The number of benzene rings is 1. The highest BCUT2D eigenvalue weighted by molar-refractivity contribution is 6.34. The van der Waals surface area contributed by atoms with Crippen molar-refractivity contribution in [1.82, 2.24) is 4.98 Å². The van der Waals surface area contributed by atoms with Crippen molar-refractivity contribution in [2.24, 2.45) is 0 Å². The number of ether oxygens (including phenoxy) is 1. The van der Waals surface area contributed by atoms with Crippen molar-refractivity contribution in [3.05, 3.63) is 56.2 Å². The predicted octanol–water partition coefficient (Wildman–Crippen LogP) is 3.96. The molecule has 0 spiro atoms. The second-order valence-corrected chi connectivity index (χ2v) is 4.47. The first-order valence-electron chi connectivity index (χ1n) is 5.19. The molecule has 0 saturated heterocycles. The third-order valence-electron chi connectivity index (χ3n) is 2.21. The normalized spacial score (nSPS) is 9.85. The Labute approximate surface area is 123 Å². The van der Waals surface area contributed by atoms with Crippen molar-refractivity contribution in [3.8, 4) is 17.7 Å². The topological polar surface area (TPSA) is 89.0 Å². The van der Waals surface area contributed by atoms with Gasteiger partial charge in [0.15, 0.2) is 0 Å². The third-order valence-corrected chi connectivity index (χ3v) is 2.65. The highest BCUT2D eigenvalue weighted by atomic mass is 35.5. The van der Waals surface area contributed by atoms with Gasteiger partial charge in [-0.05, 0) is 18.2 Å².